The zero-order valence-corrected chi connectivity index (χ0v) is 19.3. The van der Waals surface area contributed by atoms with Crippen molar-refractivity contribution in [1.82, 2.24) is 4.90 Å². The first-order valence-electron chi connectivity index (χ1n) is 10.8. The molecular weight excluding hydrogens is 406 g/mol. The van der Waals surface area contributed by atoms with Gasteiger partial charge >= 0.3 is 0 Å². The van der Waals surface area contributed by atoms with E-state index in [9.17, 15) is 14.7 Å². The van der Waals surface area contributed by atoms with Crippen LogP contribution < -0.4 is 4.74 Å². The zero-order chi connectivity index (χ0) is 23.4. The second-order valence-electron chi connectivity index (χ2n) is 8.53. The third-order valence-electron chi connectivity index (χ3n) is 5.58. The molecule has 1 N–H and O–H groups in total. The summed E-state index contributed by atoms with van der Waals surface area (Å²) in [5, 5.41) is 11.2. The van der Waals surface area contributed by atoms with E-state index in [0.717, 1.165) is 22.4 Å². The van der Waals surface area contributed by atoms with Gasteiger partial charge in [-0.05, 0) is 54.7 Å². The Bertz CT molecular complexity index is 1040. The molecule has 1 unspecified atom stereocenters. The van der Waals surface area contributed by atoms with Crippen LogP contribution >= 0.6 is 0 Å². The maximum Gasteiger partial charge on any atom is 0.295 e. The average molecular weight is 438 g/mol. The van der Waals surface area contributed by atoms with Crippen molar-refractivity contribution in [2.75, 3.05) is 26.9 Å². The number of benzene rings is 2. The Morgan fingerprint density at radius 1 is 1.09 bits per heavy atom. The van der Waals surface area contributed by atoms with E-state index >= 15 is 0 Å². The minimum atomic E-state index is -0.690. The highest BCUT2D eigenvalue weighted by Gasteiger charge is 2.46. The van der Waals surface area contributed by atoms with Crippen LogP contribution in [0, 0.1) is 19.8 Å². The smallest absolute Gasteiger partial charge is 0.295 e. The molecule has 0 aliphatic carbocycles. The van der Waals surface area contributed by atoms with Crippen LogP contribution in [-0.2, 0) is 14.3 Å². The van der Waals surface area contributed by atoms with Crippen molar-refractivity contribution in [2.24, 2.45) is 5.92 Å². The number of nitrogens with zero attached hydrogens (tertiary/aromatic N) is 1. The predicted octanol–water partition coefficient (Wildman–Crippen LogP) is 4.41. The number of aryl methyl sites for hydroxylation is 2. The third kappa shape index (κ3) is 4.70. The van der Waals surface area contributed by atoms with Gasteiger partial charge in [0.05, 0.1) is 24.8 Å². The Balaban J connectivity index is 2.09. The van der Waals surface area contributed by atoms with E-state index in [1.54, 1.807) is 25.3 Å². The number of carbonyl (C=O) groups is 2. The number of rotatable bonds is 8. The topological polar surface area (TPSA) is 76.1 Å². The third-order valence-corrected chi connectivity index (χ3v) is 5.58. The maximum atomic E-state index is 13.0. The standard InChI is InChI=1S/C26H31NO5/c1-16(2)15-32-21-11-10-19(14-18(21)4)24(28)22-23(20-9-7-6-8-17(20)3)27(12-13-31-5)26(30)25(22)29/h6-11,14,16,23,28H,12-13,15H2,1-5H3/b24-22+. The molecule has 0 bridgehead atoms. The highest BCUT2D eigenvalue weighted by Crippen LogP contribution is 2.40. The molecule has 1 heterocycles. The van der Waals surface area contributed by atoms with Crippen LogP contribution in [0.4, 0.5) is 0 Å². The summed E-state index contributed by atoms with van der Waals surface area (Å²) in [4.78, 5) is 27.4. The molecule has 1 fully saturated rings. The molecule has 0 radical (unpaired) electrons. The summed E-state index contributed by atoms with van der Waals surface area (Å²) in [5.41, 5.74) is 3.15. The molecule has 1 aliphatic rings. The molecule has 0 aromatic heterocycles. The number of carbonyl (C=O) groups excluding carboxylic acids is 2. The van der Waals surface area contributed by atoms with E-state index < -0.39 is 17.7 Å². The molecule has 3 rings (SSSR count). The lowest BCUT2D eigenvalue weighted by molar-refractivity contribution is -0.140. The van der Waals surface area contributed by atoms with Crippen LogP contribution in [0.3, 0.4) is 0 Å². The minimum Gasteiger partial charge on any atom is -0.507 e. The lowest BCUT2D eigenvalue weighted by atomic mass is 9.92. The summed E-state index contributed by atoms with van der Waals surface area (Å²) in [6, 6.07) is 12.2. The van der Waals surface area contributed by atoms with Crippen molar-refractivity contribution >= 4 is 17.4 Å². The highest BCUT2D eigenvalue weighted by atomic mass is 16.5. The highest BCUT2D eigenvalue weighted by molar-refractivity contribution is 6.46. The quantitative estimate of drug-likeness (QED) is 0.376. The summed E-state index contributed by atoms with van der Waals surface area (Å²) in [7, 11) is 1.55. The Morgan fingerprint density at radius 3 is 2.44 bits per heavy atom. The van der Waals surface area contributed by atoms with Crippen molar-refractivity contribution in [3.63, 3.8) is 0 Å². The van der Waals surface area contributed by atoms with Crippen LogP contribution in [0.2, 0.25) is 0 Å². The van der Waals surface area contributed by atoms with Gasteiger partial charge in [-0.2, -0.15) is 0 Å². The number of hydrogen-bond donors (Lipinski definition) is 1. The van der Waals surface area contributed by atoms with Crippen LogP contribution in [-0.4, -0.2) is 48.6 Å². The van der Waals surface area contributed by atoms with Gasteiger partial charge < -0.3 is 19.5 Å². The van der Waals surface area contributed by atoms with E-state index in [4.69, 9.17) is 9.47 Å². The number of Topliss-reactive ketones (excluding diaryl/α,β-unsaturated/α-hetero) is 1. The summed E-state index contributed by atoms with van der Waals surface area (Å²) in [6.45, 7) is 9.09. The van der Waals surface area contributed by atoms with E-state index in [2.05, 4.69) is 13.8 Å². The molecule has 6 heteroatoms. The number of aliphatic hydroxyl groups excluding tert-OH is 1. The fraction of sp³-hybridized carbons (Fsp3) is 0.385. The molecule has 2 aromatic rings. The number of hydrogen-bond acceptors (Lipinski definition) is 5. The van der Waals surface area contributed by atoms with Crippen molar-refractivity contribution in [1.29, 1.82) is 0 Å². The average Bonchev–Trinajstić information content (AvgIpc) is 3.01. The van der Waals surface area contributed by atoms with Gasteiger partial charge in [-0.15, -0.1) is 0 Å². The maximum absolute atomic E-state index is 13.0. The summed E-state index contributed by atoms with van der Waals surface area (Å²) >= 11 is 0. The van der Waals surface area contributed by atoms with Gasteiger partial charge in [-0.25, -0.2) is 0 Å². The molecule has 1 amide bonds. The van der Waals surface area contributed by atoms with Crippen LogP contribution in [0.1, 0.15) is 42.1 Å². The Labute approximate surface area is 189 Å². The monoisotopic (exact) mass is 437 g/mol. The lowest BCUT2D eigenvalue weighted by Crippen LogP contribution is -2.32. The molecule has 1 saturated heterocycles. The molecule has 2 aromatic carbocycles. The Morgan fingerprint density at radius 2 is 1.81 bits per heavy atom. The number of aliphatic hydroxyl groups is 1. The van der Waals surface area contributed by atoms with Crippen molar-refractivity contribution in [2.45, 2.75) is 33.7 Å². The lowest BCUT2D eigenvalue weighted by Gasteiger charge is -2.26. The molecular formula is C26H31NO5. The van der Waals surface area contributed by atoms with Crippen molar-refractivity contribution in [3.05, 3.63) is 70.3 Å². The Hall–Kier alpha value is -3.12. The number of ketones is 1. The minimum absolute atomic E-state index is 0.0932. The van der Waals surface area contributed by atoms with Gasteiger partial charge in [0.1, 0.15) is 11.5 Å². The summed E-state index contributed by atoms with van der Waals surface area (Å²) in [6.07, 6.45) is 0. The molecule has 0 saturated carbocycles. The summed E-state index contributed by atoms with van der Waals surface area (Å²) < 4.78 is 11.0. The van der Waals surface area contributed by atoms with E-state index in [1.165, 1.54) is 4.90 Å². The summed E-state index contributed by atoms with van der Waals surface area (Å²) in [5.74, 6) is -0.393. The number of ether oxygens (including phenoxy) is 2. The van der Waals surface area contributed by atoms with Gasteiger partial charge in [-0.1, -0.05) is 38.1 Å². The largest absolute Gasteiger partial charge is 0.507 e. The predicted molar refractivity (Wildman–Crippen MR) is 124 cm³/mol. The van der Waals surface area contributed by atoms with Crippen molar-refractivity contribution in [3.8, 4) is 5.75 Å². The van der Waals surface area contributed by atoms with Crippen molar-refractivity contribution < 1.29 is 24.2 Å². The van der Waals surface area contributed by atoms with Crippen LogP contribution in [0.5, 0.6) is 5.75 Å². The fourth-order valence-electron chi connectivity index (χ4n) is 3.89. The van der Waals surface area contributed by atoms with Gasteiger partial charge in [0.25, 0.3) is 11.7 Å². The second-order valence-corrected chi connectivity index (χ2v) is 8.53. The first-order chi connectivity index (χ1) is 15.3. The van der Waals surface area contributed by atoms with E-state index in [-0.39, 0.29) is 24.5 Å². The van der Waals surface area contributed by atoms with Gasteiger partial charge in [0.15, 0.2) is 0 Å². The van der Waals surface area contributed by atoms with Crippen LogP contribution in [0.25, 0.3) is 5.76 Å². The fourth-order valence-corrected chi connectivity index (χ4v) is 3.89. The van der Waals surface area contributed by atoms with Crippen LogP contribution in [0.15, 0.2) is 48.0 Å². The molecule has 1 aliphatic heterocycles. The van der Waals surface area contributed by atoms with Gasteiger partial charge in [0.2, 0.25) is 0 Å². The van der Waals surface area contributed by atoms with E-state index in [0.29, 0.717) is 18.1 Å². The molecule has 170 valence electrons. The first-order valence-corrected chi connectivity index (χ1v) is 10.8. The molecule has 0 spiro atoms. The second kappa shape index (κ2) is 10.0. The van der Waals surface area contributed by atoms with E-state index in [1.807, 2.05) is 38.1 Å². The first kappa shape index (κ1) is 23.5. The molecule has 32 heavy (non-hydrogen) atoms. The SMILES string of the molecule is COCCN1C(=O)C(=O)/C(=C(/O)c2ccc(OCC(C)C)c(C)c2)C1c1ccccc1C. The zero-order valence-electron chi connectivity index (χ0n) is 19.3. The molecule has 6 nitrogen and oxygen atoms in total. The van der Waals surface area contributed by atoms with Gasteiger partial charge in [-0.3, -0.25) is 9.59 Å². The number of amides is 1. The van der Waals surface area contributed by atoms with Gasteiger partial charge in [0, 0.05) is 19.2 Å². The number of methoxy groups -OCH3 is 1. The molecule has 1 atom stereocenters. The number of likely N-dealkylation sites (tertiary alicyclic amines) is 1. The Kier molecular flexibility index (Phi) is 7.36. The normalized spacial score (nSPS) is 17.9.